The molecule has 4 aromatic rings. The molecule has 1 aliphatic heterocycles. The zero-order valence-corrected chi connectivity index (χ0v) is 20.1. The largest absolute Gasteiger partial charge is 0.383 e. The van der Waals surface area contributed by atoms with Gasteiger partial charge in [0, 0.05) is 34.8 Å². The Balaban J connectivity index is 1.29. The van der Waals surface area contributed by atoms with E-state index in [4.69, 9.17) is 17.3 Å². The van der Waals surface area contributed by atoms with Gasteiger partial charge in [-0.3, -0.25) is 9.59 Å². The van der Waals surface area contributed by atoms with Crippen molar-refractivity contribution in [2.75, 3.05) is 18.8 Å². The molecule has 0 aliphatic carbocycles. The molecule has 7 nitrogen and oxygen atoms in total. The van der Waals surface area contributed by atoms with Crippen molar-refractivity contribution >= 4 is 62.8 Å². The third-order valence-corrected chi connectivity index (χ3v) is 8.25. The molecular weight excluding hydrogens is 478 g/mol. The van der Waals surface area contributed by atoms with E-state index < -0.39 is 6.04 Å². The van der Waals surface area contributed by atoms with Gasteiger partial charge >= 0.3 is 0 Å². The van der Waals surface area contributed by atoms with Gasteiger partial charge in [-0.05, 0) is 48.9 Å². The number of hydrogen-bond donors (Lipinski definition) is 1. The number of halogens is 1. The fourth-order valence-electron chi connectivity index (χ4n) is 3.98. The molecule has 3 aromatic heterocycles. The van der Waals surface area contributed by atoms with Crippen LogP contribution in [0.1, 0.15) is 22.2 Å². The first-order chi connectivity index (χ1) is 15.9. The molecule has 1 saturated heterocycles. The number of thiophene rings is 2. The van der Waals surface area contributed by atoms with Gasteiger partial charge < -0.3 is 15.5 Å². The van der Waals surface area contributed by atoms with E-state index in [9.17, 15) is 9.59 Å². The molecule has 2 N–H and O–H groups in total. The highest BCUT2D eigenvalue weighted by Gasteiger charge is 2.35. The van der Waals surface area contributed by atoms with Crippen LogP contribution in [0.25, 0.3) is 20.7 Å². The van der Waals surface area contributed by atoms with Crippen LogP contribution in [0.2, 0.25) is 4.34 Å². The van der Waals surface area contributed by atoms with Crippen molar-refractivity contribution < 1.29 is 9.59 Å². The Kier molecular flexibility index (Phi) is 5.77. The molecule has 0 bridgehead atoms. The fourth-order valence-corrected chi connectivity index (χ4v) is 6.08. The predicted molar refractivity (Wildman–Crippen MR) is 133 cm³/mol. The number of nitrogens with two attached hydrogens (primary N) is 1. The van der Waals surface area contributed by atoms with Crippen molar-refractivity contribution in [1.82, 2.24) is 19.8 Å². The third kappa shape index (κ3) is 4.19. The van der Waals surface area contributed by atoms with Crippen LogP contribution >= 0.6 is 34.3 Å². The number of amides is 2. The normalized spacial score (nSPS) is 16.5. The highest BCUT2D eigenvalue weighted by atomic mass is 35.5. The maximum absolute atomic E-state index is 13.2. The van der Waals surface area contributed by atoms with E-state index in [2.05, 4.69) is 9.97 Å². The van der Waals surface area contributed by atoms with Crippen LogP contribution in [0.5, 0.6) is 0 Å². The topological polar surface area (TPSA) is 92.4 Å². The number of nitrogens with zero attached hydrogens (tertiary/aromatic N) is 4. The van der Waals surface area contributed by atoms with Crippen LogP contribution in [-0.4, -0.2) is 50.7 Å². The van der Waals surface area contributed by atoms with Gasteiger partial charge in [0.15, 0.2) is 0 Å². The minimum atomic E-state index is -0.536. The van der Waals surface area contributed by atoms with Crippen molar-refractivity contribution in [3.05, 3.63) is 63.6 Å². The second-order valence-electron chi connectivity index (χ2n) is 7.81. The molecule has 4 heterocycles. The number of anilines is 1. The fraction of sp³-hybridized carbons (Fsp3) is 0.217. The summed E-state index contributed by atoms with van der Waals surface area (Å²) in [5.74, 6) is 0.244. The van der Waals surface area contributed by atoms with E-state index in [1.165, 1.54) is 29.0 Å². The number of nitrogen functional groups attached to an aromatic ring is 1. The van der Waals surface area contributed by atoms with Crippen LogP contribution in [0, 0.1) is 0 Å². The van der Waals surface area contributed by atoms with Crippen molar-refractivity contribution in [3.8, 4) is 9.75 Å². The standard InChI is InChI=1S/C23H20ClN5O2S2/c1-13-22(30)28(11-14-2-3-15-16(10-14)26-12-27-21(15)25)8-9-29(13)23(31)19-5-4-17(32-19)18-6-7-20(24)33-18/h2-7,10,12-13H,8-9,11H2,1H3,(H2,25,26,27)/t13-/m0/s1. The smallest absolute Gasteiger partial charge is 0.264 e. The van der Waals surface area contributed by atoms with Gasteiger partial charge in [-0.2, -0.15) is 0 Å². The van der Waals surface area contributed by atoms with Gasteiger partial charge in [0.25, 0.3) is 5.91 Å². The molecule has 33 heavy (non-hydrogen) atoms. The lowest BCUT2D eigenvalue weighted by molar-refractivity contribution is -0.140. The Bertz CT molecular complexity index is 1370. The van der Waals surface area contributed by atoms with Crippen LogP contribution in [-0.2, 0) is 11.3 Å². The number of carbonyl (C=O) groups excluding carboxylic acids is 2. The molecule has 0 saturated carbocycles. The quantitative estimate of drug-likeness (QED) is 0.447. The van der Waals surface area contributed by atoms with E-state index in [-0.39, 0.29) is 11.8 Å². The zero-order chi connectivity index (χ0) is 23.1. The zero-order valence-electron chi connectivity index (χ0n) is 17.7. The highest BCUT2D eigenvalue weighted by Crippen LogP contribution is 2.36. The lowest BCUT2D eigenvalue weighted by atomic mass is 10.1. The van der Waals surface area contributed by atoms with Crippen LogP contribution in [0.3, 0.4) is 0 Å². The molecule has 0 spiro atoms. The number of hydrogen-bond acceptors (Lipinski definition) is 7. The summed E-state index contributed by atoms with van der Waals surface area (Å²) in [5, 5.41) is 0.788. The van der Waals surface area contributed by atoms with Crippen molar-refractivity contribution in [2.24, 2.45) is 0 Å². The summed E-state index contributed by atoms with van der Waals surface area (Å²) in [7, 11) is 0. The molecular formula is C23H20ClN5O2S2. The number of fused-ring (bicyclic) bond motifs is 1. The first-order valence-electron chi connectivity index (χ1n) is 10.3. The second kappa shape index (κ2) is 8.74. The summed E-state index contributed by atoms with van der Waals surface area (Å²) < 4.78 is 0.712. The second-order valence-corrected chi connectivity index (χ2v) is 10.6. The van der Waals surface area contributed by atoms with Crippen molar-refractivity contribution in [3.63, 3.8) is 0 Å². The Labute approximate surface area is 203 Å². The Morgan fingerprint density at radius 2 is 1.91 bits per heavy atom. The summed E-state index contributed by atoms with van der Waals surface area (Å²) in [4.78, 5) is 40.6. The molecule has 168 valence electrons. The minimum absolute atomic E-state index is 0.0706. The molecule has 10 heteroatoms. The number of rotatable bonds is 4. The van der Waals surface area contributed by atoms with Crippen LogP contribution in [0.4, 0.5) is 5.82 Å². The average molecular weight is 498 g/mol. The number of aromatic nitrogens is 2. The molecule has 1 atom stereocenters. The Morgan fingerprint density at radius 3 is 2.70 bits per heavy atom. The summed E-state index contributed by atoms with van der Waals surface area (Å²) in [6.07, 6.45) is 1.43. The predicted octanol–water partition coefficient (Wildman–Crippen LogP) is 4.53. The van der Waals surface area contributed by atoms with Gasteiger partial charge in [-0.1, -0.05) is 17.7 Å². The molecule has 2 amide bonds. The van der Waals surface area contributed by atoms with E-state index >= 15 is 0 Å². The summed E-state index contributed by atoms with van der Waals surface area (Å²) >= 11 is 8.94. The van der Waals surface area contributed by atoms with E-state index in [0.29, 0.717) is 34.7 Å². The maximum atomic E-state index is 13.2. The molecule has 0 radical (unpaired) electrons. The molecule has 5 rings (SSSR count). The molecule has 1 aliphatic rings. The Morgan fingerprint density at radius 1 is 1.12 bits per heavy atom. The number of benzene rings is 1. The van der Waals surface area contributed by atoms with Gasteiger partial charge in [0.1, 0.15) is 18.2 Å². The van der Waals surface area contributed by atoms with Crippen LogP contribution in [0.15, 0.2) is 48.8 Å². The summed E-state index contributed by atoms with van der Waals surface area (Å²) in [5.41, 5.74) is 7.60. The SMILES string of the molecule is C[C@H]1C(=O)N(Cc2ccc3c(N)ncnc3c2)CCN1C(=O)c1ccc(-c2ccc(Cl)s2)s1. The van der Waals surface area contributed by atoms with E-state index in [0.717, 1.165) is 26.2 Å². The molecule has 0 unspecified atom stereocenters. The lowest BCUT2D eigenvalue weighted by Crippen LogP contribution is -2.57. The van der Waals surface area contributed by atoms with Gasteiger partial charge in [0.05, 0.1) is 14.7 Å². The number of piperazine rings is 1. The average Bonchev–Trinajstić information content (AvgIpc) is 3.46. The summed E-state index contributed by atoms with van der Waals surface area (Å²) in [6.45, 7) is 3.19. The minimum Gasteiger partial charge on any atom is -0.383 e. The Hall–Kier alpha value is -3.01. The van der Waals surface area contributed by atoms with E-state index in [1.54, 1.807) is 16.7 Å². The number of carbonyl (C=O) groups is 2. The van der Waals surface area contributed by atoms with Gasteiger partial charge in [-0.15, -0.1) is 22.7 Å². The first-order valence-corrected chi connectivity index (χ1v) is 12.4. The van der Waals surface area contributed by atoms with Gasteiger partial charge in [-0.25, -0.2) is 9.97 Å². The third-order valence-electron chi connectivity index (χ3n) is 5.75. The molecule has 1 aromatic carbocycles. The first kappa shape index (κ1) is 21.8. The molecule has 1 fully saturated rings. The van der Waals surface area contributed by atoms with Crippen molar-refractivity contribution in [1.29, 1.82) is 0 Å². The van der Waals surface area contributed by atoms with Crippen molar-refractivity contribution in [2.45, 2.75) is 19.5 Å². The van der Waals surface area contributed by atoms with Crippen LogP contribution < -0.4 is 5.73 Å². The maximum Gasteiger partial charge on any atom is 0.264 e. The highest BCUT2D eigenvalue weighted by molar-refractivity contribution is 7.24. The monoisotopic (exact) mass is 497 g/mol. The van der Waals surface area contributed by atoms with E-state index in [1.807, 2.05) is 42.5 Å². The lowest BCUT2D eigenvalue weighted by Gasteiger charge is -2.39. The van der Waals surface area contributed by atoms with Gasteiger partial charge in [0.2, 0.25) is 5.91 Å². The summed E-state index contributed by atoms with van der Waals surface area (Å²) in [6, 6.07) is 12.7.